The molecule has 1 N–H and O–H groups in total. The Hall–Kier alpha value is -1.02. The molecule has 2 rings (SSSR count). The average Bonchev–Trinajstić information content (AvgIpc) is 2.56. The first-order chi connectivity index (χ1) is 11.4. The lowest BCUT2D eigenvalue weighted by Crippen LogP contribution is -2.26. The van der Waals surface area contributed by atoms with Crippen LogP contribution in [0.1, 0.15) is 11.1 Å². The second-order valence-electron chi connectivity index (χ2n) is 5.17. The number of hydrogen-bond acceptors (Lipinski definition) is 4. The van der Waals surface area contributed by atoms with Gasteiger partial charge >= 0.3 is 0 Å². The molecule has 4 nitrogen and oxygen atoms in total. The first kappa shape index (κ1) is 19.3. The fraction of sp³-hybridized carbons (Fsp3) is 0.294. The highest BCUT2D eigenvalue weighted by Crippen LogP contribution is 2.27. The molecule has 0 spiro atoms. The Balaban J connectivity index is 1.90. The van der Waals surface area contributed by atoms with E-state index in [2.05, 4.69) is 39.7 Å². The lowest BCUT2D eigenvalue weighted by atomic mass is 10.1. The molecule has 0 aliphatic carbocycles. The molecule has 0 amide bonds. The fourth-order valence-corrected chi connectivity index (χ4v) is 4.94. The van der Waals surface area contributed by atoms with Crippen molar-refractivity contribution in [1.82, 2.24) is 4.72 Å². The van der Waals surface area contributed by atoms with E-state index in [1.54, 1.807) is 30.0 Å². The van der Waals surface area contributed by atoms with Gasteiger partial charge in [0, 0.05) is 22.5 Å². The van der Waals surface area contributed by atoms with E-state index in [1.807, 2.05) is 12.1 Å². The van der Waals surface area contributed by atoms with E-state index >= 15 is 0 Å². The average molecular weight is 430 g/mol. The van der Waals surface area contributed by atoms with Crippen LogP contribution in [0.15, 0.2) is 51.8 Å². The Morgan fingerprint density at radius 3 is 2.67 bits per heavy atom. The molecule has 0 aliphatic rings. The van der Waals surface area contributed by atoms with Gasteiger partial charge in [-0.15, -0.1) is 0 Å². The van der Waals surface area contributed by atoms with Gasteiger partial charge in [0.25, 0.3) is 0 Å². The number of aryl methyl sites for hydroxylation is 1. The Kier molecular flexibility index (Phi) is 7.16. The first-order valence-corrected chi connectivity index (χ1v) is 10.8. The summed E-state index contributed by atoms with van der Waals surface area (Å²) in [7, 11) is -2.14. The van der Waals surface area contributed by atoms with Gasteiger partial charge in [-0.2, -0.15) is 11.8 Å². The highest BCUT2D eigenvalue weighted by Gasteiger charge is 2.19. The zero-order valence-electron chi connectivity index (χ0n) is 13.6. The van der Waals surface area contributed by atoms with Crippen LogP contribution in [0.4, 0.5) is 0 Å². The van der Waals surface area contributed by atoms with E-state index in [0.29, 0.717) is 22.5 Å². The number of thioether (sulfide) groups is 1. The molecule has 0 radical (unpaired) electrons. The van der Waals surface area contributed by atoms with E-state index in [1.165, 1.54) is 18.2 Å². The molecule has 0 unspecified atom stereocenters. The molecular formula is C17H20BrNO3S2. The van der Waals surface area contributed by atoms with Gasteiger partial charge in [-0.05, 0) is 36.2 Å². The van der Waals surface area contributed by atoms with Gasteiger partial charge < -0.3 is 4.74 Å². The second kappa shape index (κ2) is 8.89. The highest BCUT2D eigenvalue weighted by atomic mass is 79.9. The van der Waals surface area contributed by atoms with Crippen molar-refractivity contribution in [3.05, 3.63) is 58.1 Å². The summed E-state index contributed by atoms with van der Waals surface area (Å²) in [5.74, 6) is 1.90. The minimum absolute atomic E-state index is 0.142. The fourth-order valence-electron chi connectivity index (χ4n) is 2.14. The van der Waals surface area contributed by atoms with Gasteiger partial charge in [0.2, 0.25) is 10.0 Å². The minimum atomic E-state index is -3.60. The zero-order valence-corrected chi connectivity index (χ0v) is 16.8. The predicted molar refractivity (Wildman–Crippen MR) is 103 cm³/mol. The smallest absolute Gasteiger partial charge is 0.244 e. The normalized spacial score (nSPS) is 11.5. The summed E-state index contributed by atoms with van der Waals surface area (Å²) in [6.07, 6.45) is 0. The number of nitrogens with one attached hydrogen (secondary N) is 1. The first-order valence-electron chi connectivity index (χ1n) is 7.39. The summed E-state index contributed by atoms with van der Waals surface area (Å²) in [5, 5.41) is 0. The Bertz CT molecular complexity index is 794. The van der Waals surface area contributed by atoms with Crippen molar-refractivity contribution in [2.24, 2.45) is 0 Å². The third kappa shape index (κ3) is 5.24. The number of halogens is 1. The maximum absolute atomic E-state index is 12.4. The minimum Gasteiger partial charge on any atom is -0.495 e. The largest absolute Gasteiger partial charge is 0.495 e. The zero-order chi connectivity index (χ0) is 17.6. The molecule has 0 bridgehead atoms. The van der Waals surface area contributed by atoms with Crippen molar-refractivity contribution in [3.8, 4) is 5.75 Å². The Labute approximate surface area is 156 Å². The van der Waals surface area contributed by atoms with Crippen LogP contribution in [0.25, 0.3) is 0 Å². The Morgan fingerprint density at radius 2 is 1.96 bits per heavy atom. The lowest BCUT2D eigenvalue weighted by molar-refractivity contribution is 0.402. The summed E-state index contributed by atoms with van der Waals surface area (Å²) < 4.78 is 33.3. The quantitative estimate of drug-likeness (QED) is 0.644. The summed E-state index contributed by atoms with van der Waals surface area (Å²) in [6.45, 7) is 2.45. The number of hydrogen-bond donors (Lipinski definition) is 1. The van der Waals surface area contributed by atoms with Crippen molar-refractivity contribution in [3.63, 3.8) is 0 Å². The number of rotatable bonds is 8. The molecule has 2 aromatic carbocycles. The molecule has 0 saturated heterocycles. The molecule has 0 saturated carbocycles. The van der Waals surface area contributed by atoms with Crippen LogP contribution in [0.3, 0.4) is 0 Å². The molecule has 0 fully saturated rings. The molecule has 7 heteroatoms. The van der Waals surface area contributed by atoms with Crippen LogP contribution in [0, 0.1) is 6.92 Å². The SMILES string of the molecule is COc1ccc(Br)cc1S(=O)(=O)NCCSCc1ccccc1C. The maximum Gasteiger partial charge on any atom is 0.244 e. The van der Waals surface area contributed by atoms with Crippen LogP contribution in [0.2, 0.25) is 0 Å². The monoisotopic (exact) mass is 429 g/mol. The molecule has 2 aromatic rings. The number of benzene rings is 2. The van der Waals surface area contributed by atoms with Crippen LogP contribution in [0.5, 0.6) is 5.75 Å². The van der Waals surface area contributed by atoms with Crippen molar-refractivity contribution in [1.29, 1.82) is 0 Å². The highest BCUT2D eigenvalue weighted by molar-refractivity contribution is 9.10. The van der Waals surface area contributed by atoms with Crippen LogP contribution in [-0.2, 0) is 15.8 Å². The molecule has 0 aromatic heterocycles. The van der Waals surface area contributed by atoms with Crippen molar-refractivity contribution in [2.75, 3.05) is 19.4 Å². The number of sulfonamides is 1. The van der Waals surface area contributed by atoms with Crippen molar-refractivity contribution >= 4 is 37.7 Å². The van der Waals surface area contributed by atoms with Gasteiger partial charge in [0.05, 0.1) is 7.11 Å². The molecule has 24 heavy (non-hydrogen) atoms. The van der Waals surface area contributed by atoms with Crippen LogP contribution < -0.4 is 9.46 Å². The third-order valence-electron chi connectivity index (χ3n) is 3.47. The summed E-state index contributed by atoms with van der Waals surface area (Å²) in [6, 6.07) is 13.1. The summed E-state index contributed by atoms with van der Waals surface area (Å²) in [4.78, 5) is 0.142. The van der Waals surface area contributed by atoms with Gasteiger partial charge in [0.15, 0.2) is 0 Å². The predicted octanol–water partition coefficient (Wildman–Crippen LogP) is 3.98. The van der Waals surface area contributed by atoms with Gasteiger partial charge in [0.1, 0.15) is 10.6 Å². The standard InChI is InChI=1S/C17H20BrNO3S2/c1-13-5-3-4-6-14(13)12-23-10-9-19-24(20,21)17-11-15(18)7-8-16(17)22-2/h3-8,11,19H,9-10,12H2,1-2H3. The molecule has 0 heterocycles. The van der Waals surface area contributed by atoms with E-state index < -0.39 is 10.0 Å². The van der Waals surface area contributed by atoms with Crippen LogP contribution >= 0.6 is 27.7 Å². The molecule has 0 aliphatic heterocycles. The lowest BCUT2D eigenvalue weighted by Gasteiger charge is -2.11. The second-order valence-corrected chi connectivity index (χ2v) is 8.93. The van der Waals surface area contributed by atoms with E-state index in [9.17, 15) is 8.42 Å². The van der Waals surface area contributed by atoms with Gasteiger partial charge in [-0.1, -0.05) is 40.2 Å². The summed E-state index contributed by atoms with van der Waals surface area (Å²) in [5.41, 5.74) is 2.53. The van der Waals surface area contributed by atoms with Crippen LogP contribution in [-0.4, -0.2) is 27.8 Å². The molecular weight excluding hydrogens is 410 g/mol. The summed E-state index contributed by atoms with van der Waals surface area (Å²) >= 11 is 4.99. The Morgan fingerprint density at radius 1 is 1.21 bits per heavy atom. The third-order valence-corrected chi connectivity index (χ3v) is 6.46. The van der Waals surface area contributed by atoms with Gasteiger partial charge in [-0.25, -0.2) is 13.1 Å². The van der Waals surface area contributed by atoms with Gasteiger partial charge in [-0.3, -0.25) is 0 Å². The molecule has 0 atom stereocenters. The van der Waals surface area contributed by atoms with Crippen molar-refractivity contribution < 1.29 is 13.2 Å². The van der Waals surface area contributed by atoms with E-state index in [-0.39, 0.29) is 4.90 Å². The van der Waals surface area contributed by atoms with E-state index in [0.717, 1.165) is 5.75 Å². The number of ether oxygens (including phenoxy) is 1. The van der Waals surface area contributed by atoms with Crippen molar-refractivity contribution in [2.45, 2.75) is 17.6 Å². The number of methoxy groups -OCH3 is 1. The van der Waals surface area contributed by atoms with E-state index in [4.69, 9.17) is 4.74 Å². The maximum atomic E-state index is 12.4. The topological polar surface area (TPSA) is 55.4 Å². The molecule has 130 valence electrons.